The number of hydrogen-bond acceptors (Lipinski definition) is 4. The van der Waals surface area contributed by atoms with Gasteiger partial charge in [0, 0.05) is 12.4 Å². The third-order valence-corrected chi connectivity index (χ3v) is 4.39. The molecule has 26 heavy (non-hydrogen) atoms. The molecular formula is C20H15N3O3. The molecule has 0 aliphatic heterocycles. The Kier molecular flexibility index (Phi) is 3.65. The van der Waals surface area contributed by atoms with E-state index in [0.29, 0.717) is 5.39 Å². The van der Waals surface area contributed by atoms with Gasteiger partial charge in [-0.25, -0.2) is 0 Å². The quantitative estimate of drug-likeness (QED) is 0.518. The van der Waals surface area contributed by atoms with Gasteiger partial charge in [-0.3, -0.25) is 4.79 Å². The first-order chi connectivity index (χ1) is 12.6. The molecule has 6 nitrogen and oxygen atoms in total. The standard InChI is InChI=1S/C20H15N3O3/c1-23-16-9-5-4-8-14(16)18(20(23)26)21-22-19(25)15-10-12-6-2-3-7-13(12)11-17(15)24/h2-11,24,26H,1H3. The molecule has 0 aliphatic carbocycles. The minimum atomic E-state index is -0.680. The second-order valence-corrected chi connectivity index (χ2v) is 5.97. The number of fused-ring (bicyclic) bond motifs is 2. The lowest BCUT2D eigenvalue weighted by molar-refractivity contribution is 0.0992. The number of nitrogens with zero attached hydrogens (tertiary/aromatic N) is 3. The van der Waals surface area contributed by atoms with Crippen LogP contribution < -0.4 is 0 Å². The van der Waals surface area contributed by atoms with Crippen LogP contribution in [0.15, 0.2) is 70.9 Å². The molecule has 0 saturated heterocycles. The predicted octanol–water partition coefficient (Wildman–Crippen LogP) is 4.67. The Bertz CT molecular complexity index is 1190. The number of benzene rings is 3. The fourth-order valence-corrected chi connectivity index (χ4v) is 3.01. The van der Waals surface area contributed by atoms with E-state index in [1.54, 1.807) is 23.7 Å². The average molecular weight is 345 g/mol. The average Bonchev–Trinajstić information content (AvgIpc) is 2.90. The fourth-order valence-electron chi connectivity index (χ4n) is 3.01. The van der Waals surface area contributed by atoms with E-state index >= 15 is 0 Å². The topological polar surface area (TPSA) is 87.2 Å². The second-order valence-electron chi connectivity index (χ2n) is 5.97. The number of phenolic OH excluding ortho intramolecular Hbond substituents is 1. The van der Waals surface area contributed by atoms with Crippen LogP contribution in [0.5, 0.6) is 11.6 Å². The zero-order chi connectivity index (χ0) is 18.3. The number of carbonyl (C=O) groups excluding carboxylic acids is 1. The first-order valence-electron chi connectivity index (χ1n) is 8.00. The normalized spacial score (nSPS) is 11.6. The third-order valence-electron chi connectivity index (χ3n) is 4.39. The molecule has 4 rings (SSSR count). The number of aromatic hydroxyl groups is 2. The van der Waals surface area contributed by atoms with Crippen LogP contribution in [0.1, 0.15) is 10.4 Å². The van der Waals surface area contributed by atoms with Crippen LogP contribution in [0.2, 0.25) is 0 Å². The highest BCUT2D eigenvalue weighted by Crippen LogP contribution is 2.38. The number of aromatic nitrogens is 1. The number of aryl methyl sites for hydroxylation is 1. The maximum atomic E-state index is 12.4. The van der Waals surface area contributed by atoms with Crippen molar-refractivity contribution in [1.82, 2.24) is 4.57 Å². The Labute approximate surface area is 148 Å². The van der Waals surface area contributed by atoms with Crippen LogP contribution in [0, 0.1) is 0 Å². The Morgan fingerprint density at radius 2 is 1.62 bits per heavy atom. The van der Waals surface area contributed by atoms with Gasteiger partial charge in [0.1, 0.15) is 5.75 Å². The van der Waals surface area contributed by atoms with Crippen molar-refractivity contribution in [3.63, 3.8) is 0 Å². The van der Waals surface area contributed by atoms with E-state index in [9.17, 15) is 15.0 Å². The lowest BCUT2D eigenvalue weighted by Gasteiger charge is -2.03. The van der Waals surface area contributed by atoms with Crippen LogP contribution in [0.3, 0.4) is 0 Å². The highest BCUT2D eigenvalue weighted by atomic mass is 16.3. The summed E-state index contributed by atoms with van der Waals surface area (Å²) in [6.07, 6.45) is 0. The van der Waals surface area contributed by atoms with Crippen molar-refractivity contribution in [2.45, 2.75) is 0 Å². The van der Waals surface area contributed by atoms with Gasteiger partial charge in [0.25, 0.3) is 5.91 Å². The monoisotopic (exact) mass is 345 g/mol. The van der Waals surface area contributed by atoms with Crippen molar-refractivity contribution in [2.24, 2.45) is 17.3 Å². The number of phenols is 1. The first kappa shape index (κ1) is 15.8. The smallest absolute Gasteiger partial charge is 0.299 e. The molecule has 1 aromatic heterocycles. The number of azo groups is 1. The van der Waals surface area contributed by atoms with Crippen LogP contribution >= 0.6 is 0 Å². The largest absolute Gasteiger partial charge is 0.507 e. The number of rotatable bonds is 2. The van der Waals surface area contributed by atoms with Gasteiger partial charge in [-0.15, -0.1) is 10.2 Å². The minimum Gasteiger partial charge on any atom is -0.507 e. The summed E-state index contributed by atoms with van der Waals surface area (Å²) in [6, 6.07) is 17.8. The van der Waals surface area contributed by atoms with Crippen molar-refractivity contribution in [2.75, 3.05) is 0 Å². The third kappa shape index (κ3) is 2.48. The molecule has 6 heteroatoms. The van der Waals surface area contributed by atoms with Crippen LogP contribution in [-0.4, -0.2) is 20.7 Å². The summed E-state index contributed by atoms with van der Waals surface area (Å²) in [7, 11) is 1.70. The Morgan fingerprint density at radius 3 is 2.38 bits per heavy atom. The Hall–Kier alpha value is -3.67. The summed E-state index contributed by atoms with van der Waals surface area (Å²) in [6.45, 7) is 0. The molecule has 2 N–H and O–H groups in total. The number of hydrogen-bond donors (Lipinski definition) is 2. The molecule has 0 fully saturated rings. The molecule has 0 radical (unpaired) electrons. The summed E-state index contributed by atoms with van der Waals surface area (Å²) >= 11 is 0. The molecule has 0 bridgehead atoms. The van der Waals surface area contributed by atoms with Gasteiger partial charge in [0.15, 0.2) is 5.69 Å². The van der Waals surface area contributed by atoms with Gasteiger partial charge in [-0.2, -0.15) is 0 Å². The summed E-state index contributed by atoms with van der Waals surface area (Å²) in [5.74, 6) is -0.916. The van der Waals surface area contributed by atoms with Crippen molar-refractivity contribution in [3.05, 3.63) is 66.2 Å². The van der Waals surface area contributed by atoms with Crippen molar-refractivity contribution in [3.8, 4) is 11.6 Å². The molecule has 4 aromatic rings. The maximum absolute atomic E-state index is 12.4. The maximum Gasteiger partial charge on any atom is 0.299 e. The summed E-state index contributed by atoms with van der Waals surface area (Å²) in [5, 5.41) is 30.4. The van der Waals surface area contributed by atoms with Gasteiger partial charge in [0.2, 0.25) is 5.88 Å². The predicted molar refractivity (Wildman–Crippen MR) is 99.0 cm³/mol. The highest BCUT2D eigenvalue weighted by molar-refractivity contribution is 6.02. The molecule has 3 aromatic carbocycles. The van der Waals surface area contributed by atoms with Crippen LogP contribution in [0.25, 0.3) is 21.7 Å². The summed E-state index contributed by atoms with van der Waals surface area (Å²) < 4.78 is 1.57. The molecule has 0 atom stereocenters. The number of amides is 1. The lowest BCUT2D eigenvalue weighted by atomic mass is 10.1. The SMILES string of the molecule is Cn1c(O)c(N=NC(=O)c2cc3ccccc3cc2O)c2ccccc21. The summed E-state index contributed by atoms with van der Waals surface area (Å²) in [4.78, 5) is 12.4. The van der Waals surface area contributed by atoms with Gasteiger partial charge < -0.3 is 14.8 Å². The lowest BCUT2D eigenvalue weighted by Crippen LogP contribution is -1.94. The molecular weight excluding hydrogens is 330 g/mol. The minimum absolute atomic E-state index is 0.0622. The van der Waals surface area contributed by atoms with Crippen molar-refractivity contribution < 1.29 is 15.0 Å². The van der Waals surface area contributed by atoms with Gasteiger partial charge in [0.05, 0.1) is 11.1 Å². The second kappa shape index (κ2) is 6.00. The van der Waals surface area contributed by atoms with Gasteiger partial charge in [-0.1, -0.05) is 42.5 Å². The fraction of sp³-hybridized carbons (Fsp3) is 0.0500. The zero-order valence-corrected chi connectivity index (χ0v) is 13.9. The molecule has 1 amide bonds. The van der Waals surface area contributed by atoms with Crippen molar-refractivity contribution >= 4 is 33.3 Å². The van der Waals surface area contributed by atoms with E-state index in [1.165, 1.54) is 6.07 Å². The highest BCUT2D eigenvalue weighted by Gasteiger charge is 2.16. The van der Waals surface area contributed by atoms with E-state index in [-0.39, 0.29) is 22.9 Å². The van der Waals surface area contributed by atoms with E-state index in [0.717, 1.165) is 16.3 Å². The number of carbonyl (C=O) groups is 1. The van der Waals surface area contributed by atoms with E-state index in [4.69, 9.17) is 0 Å². The molecule has 0 aliphatic rings. The molecule has 128 valence electrons. The number of para-hydroxylation sites is 1. The first-order valence-corrected chi connectivity index (χ1v) is 8.00. The van der Waals surface area contributed by atoms with E-state index in [2.05, 4.69) is 10.2 Å². The van der Waals surface area contributed by atoms with Crippen LogP contribution in [-0.2, 0) is 7.05 Å². The zero-order valence-electron chi connectivity index (χ0n) is 13.9. The summed E-state index contributed by atoms with van der Waals surface area (Å²) in [5.41, 5.74) is 1.06. The van der Waals surface area contributed by atoms with Crippen LogP contribution in [0.4, 0.5) is 5.69 Å². The Balaban J connectivity index is 1.75. The van der Waals surface area contributed by atoms with Gasteiger partial charge >= 0.3 is 0 Å². The molecule has 0 saturated carbocycles. The van der Waals surface area contributed by atoms with E-state index in [1.807, 2.05) is 42.5 Å². The van der Waals surface area contributed by atoms with E-state index < -0.39 is 5.91 Å². The molecule has 1 heterocycles. The van der Waals surface area contributed by atoms with Gasteiger partial charge in [-0.05, 0) is 29.0 Å². The Morgan fingerprint density at radius 1 is 0.962 bits per heavy atom. The molecule has 0 spiro atoms. The van der Waals surface area contributed by atoms with Crippen molar-refractivity contribution in [1.29, 1.82) is 0 Å². The molecule has 0 unspecified atom stereocenters.